The summed E-state index contributed by atoms with van der Waals surface area (Å²) in [5.41, 5.74) is 1.56. The number of carbonyl (C=O) groups excluding carboxylic acids is 2. The van der Waals surface area contributed by atoms with Crippen molar-refractivity contribution in [2.24, 2.45) is 12.5 Å². The fraction of sp³-hybridized carbons (Fsp3) is 0.583. The number of rotatable bonds is 2. The molecule has 0 aliphatic carbocycles. The third kappa shape index (κ3) is 4.80. The molecule has 1 spiro atoms. The highest BCUT2D eigenvalue weighted by molar-refractivity contribution is 6.01. The van der Waals surface area contributed by atoms with Crippen LogP contribution in [0.15, 0.2) is 11.6 Å². The molecule has 0 radical (unpaired) electrons. The number of amides is 2. The third-order valence-electron chi connectivity index (χ3n) is 6.54. The van der Waals surface area contributed by atoms with Crippen molar-refractivity contribution in [2.45, 2.75) is 52.6 Å². The zero-order valence-electron chi connectivity index (χ0n) is 19.6. The van der Waals surface area contributed by atoms with Gasteiger partial charge >= 0.3 is 6.09 Å². The van der Waals surface area contributed by atoms with E-state index in [1.807, 2.05) is 33.8 Å². The first kappa shape index (κ1) is 23.4. The Bertz CT molecular complexity index is 1020. The topological polar surface area (TPSA) is 102 Å². The number of aromatic nitrogens is 1. The number of likely N-dealkylation sites (tertiary alicyclic amines) is 2. The van der Waals surface area contributed by atoms with Crippen LogP contribution in [0.2, 0.25) is 0 Å². The molecule has 3 heterocycles. The van der Waals surface area contributed by atoms with E-state index in [4.69, 9.17) is 4.74 Å². The molecule has 2 fully saturated rings. The molecule has 32 heavy (non-hydrogen) atoms. The fourth-order valence-corrected chi connectivity index (χ4v) is 4.45. The molecular formula is C24H31N5O3. The molecule has 3 rings (SSSR count). The Balaban J connectivity index is 1.65. The lowest BCUT2D eigenvalue weighted by atomic mass is 9.77. The van der Waals surface area contributed by atoms with Crippen LogP contribution >= 0.6 is 0 Å². The highest BCUT2D eigenvalue weighted by Gasteiger charge is 2.44. The van der Waals surface area contributed by atoms with E-state index >= 15 is 0 Å². The Labute approximate surface area is 189 Å². The van der Waals surface area contributed by atoms with Gasteiger partial charge in [0.25, 0.3) is 5.91 Å². The molecule has 2 aliphatic heterocycles. The maximum absolute atomic E-state index is 13.0. The minimum absolute atomic E-state index is 0.00190. The van der Waals surface area contributed by atoms with E-state index in [0.29, 0.717) is 37.4 Å². The zero-order chi connectivity index (χ0) is 23.7. The smallest absolute Gasteiger partial charge is 0.410 e. The minimum atomic E-state index is -0.520. The number of nitriles is 2. The van der Waals surface area contributed by atoms with Crippen molar-refractivity contribution >= 4 is 18.1 Å². The number of hydrogen-bond donors (Lipinski definition) is 0. The lowest BCUT2D eigenvalue weighted by Crippen LogP contribution is -2.45. The Morgan fingerprint density at radius 3 is 2.22 bits per heavy atom. The number of ether oxygens (including phenoxy) is 1. The van der Waals surface area contributed by atoms with E-state index in [-0.39, 0.29) is 23.0 Å². The van der Waals surface area contributed by atoms with Gasteiger partial charge in [-0.1, -0.05) is 0 Å². The summed E-state index contributed by atoms with van der Waals surface area (Å²) in [4.78, 5) is 28.9. The van der Waals surface area contributed by atoms with Crippen LogP contribution in [-0.4, -0.2) is 58.1 Å². The van der Waals surface area contributed by atoms with Crippen molar-refractivity contribution < 1.29 is 14.3 Å². The molecule has 1 aromatic heterocycles. The molecule has 0 atom stereocenters. The van der Waals surface area contributed by atoms with Crippen molar-refractivity contribution in [3.8, 4) is 12.1 Å². The monoisotopic (exact) mass is 437 g/mol. The number of nitrogens with zero attached hydrogens (tertiary/aromatic N) is 5. The SMILES string of the molecule is Cc1c(/C=C(\C#N)C(=O)N2CCC3(CCN(C(=O)OC(C)(C)C)C3)CC2)cc(C#N)n1C. The Kier molecular flexibility index (Phi) is 6.37. The van der Waals surface area contributed by atoms with Gasteiger partial charge in [0.15, 0.2) is 0 Å². The second-order valence-electron chi connectivity index (χ2n) is 9.86. The van der Waals surface area contributed by atoms with Crippen LogP contribution in [0.4, 0.5) is 4.79 Å². The lowest BCUT2D eigenvalue weighted by molar-refractivity contribution is -0.128. The highest BCUT2D eigenvalue weighted by atomic mass is 16.6. The molecule has 2 aliphatic rings. The summed E-state index contributed by atoms with van der Waals surface area (Å²) in [7, 11) is 1.78. The Morgan fingerprint density at radius 2 is 1.72 bits per heavy atom. The van der Waals surface area contributed by atoms with E-state index in [2.05, 4.69) is 6.07 Å². The summed E-state index contributed by atoms with van der Waals surface area (Å²) < 4.78 is 7.25. The minimum Gasteiger partial charge on any atom is -0.444 e. The van der Waals surface area contributed by atoms with E-state index in [1.165, 1.54) is 0 Å². The van der Waals surface area contributed by atoms with Gasteiger partial charge in [-0.3, -0.25) is 4.79 Å². The largest absolute Gasteiger partial charge is 0.444 e. The molecule has 1 aromatic rings. The van der Waals surface area contributed by atoms with Gasteiger partial charge in [-0.25, -0.2) is 4.79 Å². The molecule has 0 unspecified atom stereocenters. The van der Waals surface area contributed by atoms with Gasteiger partial charge in [-0.2, -0.15) is 10.5 Å². The molecule has 0 bridgehead atoms. The van der Waals surface area contributed by atoms with Crippen molar-refractivity contribution in [1.82, 2.24) is 14.4 Å². The normalized spacial score (nSPS) is 18.4. The van der Waals surface area contributed by atoms with Crippen LogP contribution in [0.1, 0.15) is 57.0 Å². The molecule has 0 saturated carbocycles. The summed E-state index contributed by atoms with van der Waals surface area (Å²) in [6.45, 7) is 9.85. The van der Waals surface area contributed by atoms with Crippen LogP contribution in [-0.2, 0) is 16.6 Å². The van der Waals surface area contributed by atoms with Gasteiger partial charge in [-0.05, 0) is 70.1 Å². The van der Waals surface area contributed by atoms with Crippen molar-refractivity contribution in [3.63, 3.8) is 0 Å². The van der Waals surface area contributed by atoms with Crippen molar-refractivity contribution in [3.05, 3.63) is 28.6 Å². The number of carbonyl (C=O) groups is 2. The Hall–Kier alpha value is -3.26. The molecule has 8 nitrogen and oxygen atoms in total. The predicted molar refractivity (Wildman–Crippen MR) is 119 cm³/mol. The van der Waals surface area contributed by atoms with E-state index in [0.717, 1.165) is 25.0 Å². The molecule has 8 heteroatoms. The van der Waals surface area contributed by atoms with Crippen LogP contribution in [0.3, 0.4) is 0 Å². The number of piperidine rings is 1. The summed E-state index contributed by atoms with van der Waals surface area (Å²) in [5.74, 6) is -0.286. The summed E-state index contributed by atoms with van der Waals surface area (Å²) in [6.07, 6.45) is 3.77. The van der Waals surface area contributed by atoms with Gasteiger partial charge in [0.2, 0.25) is 0 Å². The zero-order valence-corrected chi connectivity index (χ0v) is 19.6. The Morgan fingerprint density at radius 1 is 1.12 bits per heavy atom. The second kappa shape index (κ2) is 8.70. The molecule has 170 valence electrons. The first-order valence-electron chi connectivity index (χ1n) is 10.9. The van der Waals surface area contributed by atoms with E-state index in [9.17, 15) is 20.1 Å². The van der Waals surface area contributed by atoms with Gasteiger partial charge in [0, 0.05) is 38.9 Å². The van der Waals surface area contributed by atoms with Crippen molar-refractivity contribution in [1.29, 1.82) is 10.5 Å². The van der Waals surface area contributed by atoms with E-state index < -0.39 is 5.60 Å². The molecule has 2 saturated heterocycles. The predicted octanol–water partition coefficient (Wildman–Crippen LogP) is 3.36. The maximum atomic E-state index is 13.0. The molecule has 0 N–H and O–H groups in total. The van der Waals surface area contributed by atoms with Gasteiger partial charge in [0.05, 0.1) is 0 Å². The molecule has 0 aromatic carbocycles. The molecular weight excluding hydrogens is 406 g/mol. The van der Waals surface area contributed by atoms with Gasteiger partial charge in [0.1, 0.15) is 29.0 Å². The number of hydrogen-bond acceptors (Lipinski definition) is 5. The maximum Gasteiger partial charge on any atom is 0.410 e. The lowest BCUT2D eigenvalue weighted by Gasteiger charge is -2.39. The highest BCUT2D eigenvalue weighted by Crippen LogP contribution is 2.41. The first-order valence-corrected chi connectivity index (χ1v) is 10.9. The third-order valence-corrected chi connectivity index (χ3v) is 6.54. The quantitative estimate of drug-likeness (QED) is 0.521. The average Bonchev–Trinajstić information content (AvgIpc) is 3.27. The van der Waals surface area contributed by atoms with Gasteiger partial charge < -0.3 is 19.1 Å². The van der Waals surface area contributed by atoms with Crippen LogP contribution < -0.4 is 0 Å². The second-order valence-corrected chi connectivity index (χ2v) is 9.86. The summed E-state index contributed by atoms with van der Waals surface area (Å²) in [6, 6.07) is 5.83. The summed E-state index contributed by atoms with van der Waals surface area (Å²) >= 11 is 0. The first-order chi connectivity index (χ1) is 15.0. The average molecular weight is 438 g/mol. The van der Waals surface area contributed by atoms with Gasteiger partial charge in [-0.15, -0.1) is 0 Å². The summed E-state index contributed by atoms with van der Waals surface area (Å²) in [5, 5.41) is 18.8. The van der Waals surface area contributed by atoms with Crippen LogP contribution in [0, 0.1) is 35.0 Å². The standard InChI is InChI=1S/C24H31N5O3/c1-17-18(13-20(15-26)27(17)5)12-19(14-25)21(30)28-9-6-24(7-10-28)8-11-29(16-24)22(31)32-23(2,3)4/h12-13H,6-11,16H2,1-5H3/b19-12+. The van der Waals surface area contributed by atoms with Crippen LogP contribution in [0.5, 0.6) is 0 Å². The van der Waals surface area contributed by atoms with Crippen LogP contribution in [0.25, 0.3) is 6.08 Å². The van der Waals surface area contributed by atoms with Crippen molar-refractivity contribution in [2.75, 3.05) is 26.2 Å². The fourth-order valence-electron chi connectivity index (χ4n) is 4.45. The van der Waals surface area contributed by atoms with E-state index in [1.54, 1.807) is 33.6 Å². The molecule has 2 amide bonds.